The molecule has 6 heteroatoms. The molecule has 3 aromatic rings. The first-order chi connectivity index (χ1) is 9.70. The molecule has 0 aromatic carbocycles. The van der Waals surface area contributed by atoms with Gasteiger partial charge < -0.3 is 5.32 Å². The molecule has 0 aliphatic heterocycles. The molecule has 0 aliphatic carbocycles. The molecule has 100 valence electrons. The van der Waals surface area contributed by atoms with Crippen molar-refractivity contribution in [1.82, 2.24) is 15.0 Å². The van der Waals surface area contributed by atoms with Crippen molar-refractivity contribution in [2.45, 2.75) is 6.92 Å². The minimum absolute atomic E-state index is 0.453. The summed E-state index contributed by atoms with van der Waals surface area (Å²) in [7, 11) is 0. The van der Waals surface area contributed by atoms with Crippen LogP contribution in [0.3, 0.4) is 0 Å². The summed E-state index contributed by atoms with van der Waals surface area (Å²) in [5.74, 6) is 0.681. The molecule has 0 saturated heterocycles. The van der Waals surface area contributed by atoms with Crippen LogP contribution in [0, 0.1) is 6.92 Å². The van der Waals surface area contributed by atoms with Crippen molar-refractivity contribution in [2.75, 3.05) is 5.32 Å². The number of halogens is 1. The van der Waals surface area contributed by atoms with E-state index in [-0.39, 0.29) is 0 Å². The lowest BCUT2D eigenvalue weighted by molar-refractivity contribution is 1.20. The van der Waals surface area contributed by atoms with E-state index in [4.69, 9.17) is 11.6 Å². The third-order valence-corrected chi connectivity index (χ3v) is 3.82. The predicted molar refractivity (Wildman–Crippen MR) is 82.6 cm³/mol. The second-order valence-electron chi connectivity index (χ2n) is 4.19. The molecule has 1 N–H and O–H groups in total. The minimum Gasteiger partial charge on any atom is -0.316 e. The maximum Gasteiger partial charge on any atom is 0.188 e. The van der Waals surface area contributed by atoms with Gasteiger partial charge in [0.05, 0.1) is 4.88 Å². The van der Waals surface area contributed by atoms with Crippen LogP contribution in [0.25, 0.3) is 10.4 Å². The van der Waals surface area contributed by atoms with Gasteiger partial charge in [-0.15, -0.1) is 0 Å². The molecule has 0 radical (unpaired) electrons. The Labute approximate surface area is 125 Å². The van der Waals surface area contributed by atoms with Gasteiger partial charge in [0.25, 0.3) is 0 Å². The van der Waals surface area contributed by atoms with Gasteiger partial charge >= 0.3 is 0 Å². The van der Waals surface area contributed by atoms with E-state index in [0.717, 1.165) is 21.3 Å². The SMILES string of the molecule is Cc1ccc(-c2cnc(Nc3cccc(Cl)n3)s2)cn1. The van der Waals surface area contributed by atoms with E-state index in [9.17, 15) is 0 Å². The Morgan fingerprint density at radius 1 is 1.10 bits per heavy atom. The highest BCUT2D eigenvalue weighted by Crippen LogP contribution is 2.30. The fraction of sp³-hybridized carbons (Fsp3) is 0.0714. The van der Waals surface area contributed by atoms with Crippen LogP contribution in [0.2, 0.25) is 5.15 Å². The first-order valence-electron chi connectivity index (χ1n) is 5.99. The van der Waals surface area contributed by atoms with E-state index in [1.807, 2.05) is 43.6 Å². The molecule has 0 saturated carbocycles. The molecule has 4 nitrogen and oxygen atoms in total. The van der Waals surface area contributed by atoms with E-state index in [2.05, 4.69) is 20.3 Å². The van der Waals surface area contributed by atoms with Gasteiger partial charge in [0.1, 0.15) is 11.0 Å². The zero-order chi connectivity index (χ0) is 13.9. The lowest BCUT2D eigenvalue weighted by atomic mass is 10.2. The number of aromatic nitrogens is 3. The normalized spacial score (nSPS) is 10.5. The molecule has 0 unspecified atom stereocenters. The Balaban J connectivity index is 1.82. The topological polar surface area (TPSA) is 50.7 Å². The van der Waals surface area contributed by atoms with Crippen molar-refractivity contribution in [3.63, 3.8) is 0 Å². The summed E-state index contributed by atoms with van der Waals surface area (Å²) >= 11 is 7.40. The maximum atomic E-state index is 5.85. The van der Waals surface area contributed by atoms with Gasteiger partial charge in [-0.05, 0) is 25.1 Å². The molecule has 0 bridgehead atoms. The number of anilines is 2. The van der Waals surface area contributed by atoms with E-state index in [1.165, 1.54) is 0 Å². The lowest BCUT2D eigenvalue weighted by Gasteiger charge is -2.00. The smallest absolute Gasteiger partial charge is 0.188 e. The number of thiazole rings is 1. The molecular weight excluding hydrogens is 292 g/mol. The summed E-state index contributed by atoms with van der Waals surface area (Å²) in [6.07, 6.45) is 3.67. The summed E-state index contributed by atoms with van der Waals surface area (Å²) < 4.78 is 0. The van der Waals surface area contributed by atoms with Gasteiger partial charge in [-0.1, -0.05) is 35.1 Å². The number of nitrogens with one attached hydrogen (secondary N) is 1. The highest BCUT2D eigenvalue weighted by Gasteiger charge is 2.06. The number of hydrogen-bond donors (Lipinski definition) is 1. The van der Waals surface area contributed by atoms with Crippen LogP contribution >= 0.6 is 22.9 Å². The van der Waals surface area contributed by atoms with E-state index in [0.29, 0.717) is 11.0 Å². The second-order valence-corrected chi connectivity index (χ2v) is 5.61. The van der Waals surface area contributed by atoms with Crippen molar-refractivity contribution in [3.8, 4) is 10.4 Å². The highest BCUT2D eigenvalue weighted by atomic mass is 35.5. The first kappa shape index (κ1) is 13.0. The Morgan fingerprint density at radius 2 is 2.00 bits per heavy atom. The molecule has 0 aliphatic rings. The largest absolute Gasteiger partial charge is 0.316 e. The Morgan fingerprint density at radius 3 is 2.75 bits per heavy atom. The van der Waals surface area contributed by atoms with Crippen molar-refractivity contribution in [3.05, 3.63) is 53.6 Å². The van der Waals surface area contributed by atoms with Crippen molar-refractivity contribution < 1.29 is 0 Å². The lowest BCUT2D eigenvalue weighted by Crippen LogP contribution is -1.91. The van der Waals surface area contributed by atoms with Crippen LogP contribution in [0.1, 0.15) is 5.69 Å². The summed E-state index contributed by atoms with van der Waals surface area (Å²) in [5.41, 5.74) is 2.06. The van der Waals surface area contributed by atoms with Crippen molar-refractivity contribution in [1.29, 1.82) is 0 Å². The van der Waals surface area contributed by atoms with E-state index >= 15 is 0 Å². The number of pyridine rings is 2. The summed E-state index contributed by atoms with van der Waals surface area (Å²) in [6, 6.07) is 9.45. The second kappa shape index (κ2) is 5.56. The quantitative estimate of drug-likeness (QED) is 0.733. The predicted octanol–water partition coefficient (Wildman–Crippen LogP) is 4.31. The average Bonchev–Trinajstić information content (AvgIpc) is 2.88. The first-order valence-corrected chi connectivity index (χ1v) is 7.18. The summed E-state index contributed by atoms with van der Waals surface area (Å²) in [5, 5.41) is 4.36. The van der Waals surface area contributed by atoms with Gasteiger partial charge in [0.15, 0.2) is 5.13 Å². The van der Waals surface area contributed by atoms with Crippen LogP contribution in [-0.4, -0.2) is 15.0 Å². The van der Waals surface area contributed by atoms with Gasteiger partial charge in [-0.25, -0.2) is 9.97 Å². The Hall–Kier alpha value is -1.98. The van der Waals surface area contributed by atoms with Gasteiger partial charge in [0, 0.05) is 23.7 Å². The zero-order valence-electron chi connectivity index (χ0n) is 10.7. The monoisotopic (exact) mass is 302 g/mol. The molecule has 3 heterocycles. The number of hydrogen-bond acceptors (Lipinski definition) is 5. The standard InChI is InChI=1S/C14H11ClN4S/c1-9-5-6-10(7-16-9)11-8-17-14(20-11)19-13-4-2-3-12(15)18-13/h2-8H,1H3,(H,17,18,19). The highest BCUT2D eigenvalue weighted by molar-refractivity contribution is 7.18. The molecule has 0 amide bonds. The fourth-order valence-electron chi connectivity index (χ4n) is 1.67. The Bertz CT molecular complexity index is 724. The number of rotatable bonds is 3. The van der Waals surface area contributed by atoms with Crippen molar-refractivity contribution >= 4 is 33.9 Å². The molecule has 3 rings (SSSR count). The molecular formula is C14H11ClN4S. The van der Waals surface area contributed by atoms with Crippen LogP contribution < -0.4 is 5.32 Å². The molecule has 0 fully saturated rings. The van der Waals surface area contributed by atoms with Crippen molar-refractivity contribution in [2.24, 2.45) is 0 Å². The average molecular weight is 303 g/mol. The van der Waals surface area contributed by atoms with Crippen LogP contribution in [-0.2, 0) is 0 Å². The maximum absolute atomic E-state index is 5.85. The number of nitrogens with zero attached hydrogens (tertiary/aromatic N) is 3. The third kappa shape index (κ3) is 2.95. The van der Waals surface area contributed by atoms with Gasteiger partial charge in [0.2, 0.25) is 0 Å². The minimum atomic E-state index is 0.453. The molecule has 20 heavy (non-hydrogen) atoms. The van der Waals surface area contributed by atoms with Crippen LogP contribution in [0.4, 0.5) is 10.9 Å². The van der Waals surface area contributed by atoms with Crippen LogP contribution in [0.15, 0.2) is 42.7 Å². The van der Waals surface area contributed by atoms with E-state index in [1.54, 1.807) is 17.4 Å². The molecule has 0 atom stereocenters. The zero-order valence-corrected chi connectivity index (χ0v) is 12.2. The molecule has 3 aromatic heterocycles. The number of aryl methyl sites for hydroxylation is 1. The Kier molecular flexibility index (Phi) is 3.62. The van der Waals surface area contributed by atoms with Gasteiger partial charge in [-0.3, -0.25) is 4.98 Å². The fourth-order valence-corrected chi connectivity index (χ4v) is 2.64. The van der Waals surface area contributed by atoms with Crippen LogP contribution in [0.5, 0.6) is 0 Å². The summed E-state index contributed by atoms with van der Waals surface area (Å²) in [6.45, 7) is 1.97. The third-order valence-electron chi connectivity index (χ3n) is 2.65. The molecule has 0 spiro atoms. The summed E-state index contributed by atoms with van der Waals surface area (Å²) in [4.78, 5) is 13.9. The van der Waals surface area contributed by atoms with Gasteiger partial charge in [-0.2, -0.15) is 0 Å². The van der Waals surface area contributed by atoms with E-state index < -0.39 is 0 Å².